The van der Waals surface area contributed by atoms with Crippen LogP contribution in [0.15, 0.2) is 48.5 Å². The molecule has 2 aromatic rings. The van der Waals surface area contributed by atoms with Crippen LogP contribution in [0, 0.1) is 6.92 Å². The molecule has 0 amide bonds. The minimum atomic E-state index is 0.253. The van der Waals surface area contributed by atoms with Crippen LogP contribution in [0.1, 0.15) is 43.7 Å². The lowest BCUT2D eigenvalue weighted by Gasteiger charge is -2.15. The van der Waals surface area contributed by atoms with Crippen LogP contribution in [0.25, 0.3) is 0 Å². The number of hydrogen-bond donors (Lipinski definition) is 0. The van der Waals surface area contributed by atoms with Crippen molar-refractivity contribution in [1.82, 2.24) is 0 Å². The Morgan fingerprint density at radius 3 is 2.43 bits per heavy atom. The predicted molar refractivity (Wildman–Crippen MR) is 86.0 cm³/mol. The van der Waals surface area contributed by atoms with Crippen LogP contribution in [0.5, 0.6) is 11.5 Å². The molecule has 0 aromatic heterocycles. The number of Topliss-reactive ketones (excluding diaryl/α,β-unsaturated/α-hetero) is 1. The minimum Gasteiger partial charge on any atom is -0.457 e. The Labute approximate surface area is 126 Å². The number of hydrogen-bond acceptors (Lipinski definition) is 2. The lowest BCUT2D eigenvalue weighted by Crippen LogP contribution is -2.00. The standard InChI is InChI=1S/C19H22O2/c1-14(9-10-16(3)20)19-12-11-18(13-15(19)2)21-17-7-5-4-6-8-17/h4-8,11-14H,9-10H2,1-3H3. The van der Waals surface area contributed by atoms with E-state index in [1.807, 2.05) is 36.4 Å². The molecule has 0 spiro atoms. The highest BCUT2D eigenvalue weighted by atomic mass is 16.5. The number of ether oxygens (including phenoxy) is 1. The highest BCUT2D eigenvalue weighted by molar-refractivity contribution is 5.75. The summed E-state index contributed by atoms with van der Waals surface area (Å²) in [4.78, 5) is 11.1. The average molecular weight is 282 g/mol. The Hall–Kier alpha value is -2.09. The Morgan fingerprint density at radius 2 is 1.81 bits per heavy atom. The van der Waals surface area contributed by atoms with Crippen molar-refractivity contribution < 1.29 is 9.53 Å². The van der Waals surface area contributed by atoms with Gasteiger partial charge in [-0.25, -0.2) is 0 Å². The summed E-state index contributed by atoms with van der Waals surface area (Å²) in [7, 11) is 0. The number of rotatable bonds is 6. The van der Waals surface area contributed by atoms with Crippen molar-refractivity contribution in [1.29, 1.82) is 0 Å². The van der Waals surface area contributed by atoms with Crippen LogP contribution in [-0.2, 0) is 4.79 Å². The van der Waals surface area contributed by atoms with Crippen molar-refractivity contribution in [3.63, 3.8) is 0 Å². The fourth-order valence-electron chi connectivity index (χ4n) is 2.46. The Balaban J connectivity index is 2.08. The molecule has 0 aliphatic carbocycles. The third-order valence-electron chi connectivity index (χ3n) is 3.68. The lowest BCUT2D eigenvalue weighted by atomic mass is 9.92. The SMILES string of the molecule is CC(=O)CCC(C)c1ccc(Oc2ccccc2)cc1C. The fourth-order valence-corrected chi connectivity index (χ4v) is 2.46. The largest absolute Gasteiger partial charge is 0.457 e. The zero-order valence-electron chi connectivity index (χ0n) is 12.9. The molecule has 0 bridgehead atoms. The molecule has 1 atom stereocenters. The summed E-state index contributed by atoms with van der Waals surface area (Å²) >= 11 is 0. The van der Waals surface area contributed by atoms with Gasteiger partial charge >= 0.3 is 0 Å². The molecule has 2 rings (SSSR count). The number of aryl methyl sites for hydroxylation is 1. The first-order valence-electron chi connectivity index (χ1n) is 7.39. The van der Waals surface area contributed by atoms with E-state index in [0.29, 0.717) is 12.3 Å². The van der Waals surface area contributed by atoms with E-state index in [1.54, 1.807) is 6.92 Å². The van der Waals surface area contributed by atoms with Gasteiger partial charge in [0.15, 0.2) is 0 Å². The first-order chi connectivity index (χ1) is 10.1. The summed E-state index contributed by atoms with van der Waals surface area (Å²) in [6, 6.07) is 15.9. The van der Waals surface area contributed by atoms with Crippen LogP contribution in [0.2, 0.25) is 0 Å². The van der Waals surface area contributed by atoms with Gasteiger partial charge in [-0.15, -0.1) is 0 Å². The van der Waals surface area contributed by atoms with E-state index in [4.69, 9.17) is 4.74 Å². The lowest BCUT2D eigenvalue weighted by molar-refractivity contribution is -0.117. The van der Waals surface area contributed by atoms with E-state index in [9.17, 15) is 4.79 Å². The third kappa shape index (κ3) is 4.45. The maximum absolute atomic E-state index is 11.1. The van der Waals surface area contributed by atoms with Crippen molar-refractivity contribution >= 4 is 5.78 Å². The molecule has 2 aromatic carbocycles. The van der Waals surface area contributed by atoms with Crippen LogP contribution in [0.4, 0.5) is 0 Å². The predicted octanol–water partition coefficient (Wildman–Crippen LogP) is 5.26. The molecule has 0 saturated carbocycles. The van der Waals surface area contributed by atoms with Crippen LogP contribution < -0.4 is 4.74 Å². The summed E-state index contributed by atoms with van der Waals surface area (Å²) in [5.74, 6) is 2.33. The minimum absolute atomic E-state index is 0.253. The smallest absolute Gasteiger partial charge is 0.129 e. The molecule has 0 aliphatic rings. The van der Waals surface area contributed by atoms with E-state index >= 15 is 0 Å². The zero-order valence-corrected chi connectivity index (χ0v) is 12.9. The van der Waals surface area contributed by atoms with E-state index in [-0.39, 0.29) is 5.78 Å². The van der Waals surface area contributed by atoms with Crippen LogP contribution >= 0.6 is 0 Å². The van der Waals surface area contributed by atoms with Gasteiger partial charge in [0.25, 0.3) is 0 Å². The van der Waals surface area contributed by atoms with Gasteiger partial charge in [-0.2, -0.15) is 0 Å². The third-order valence-corrected chi connectivity index (χ3v) is 3.68. The zero-order chi connectivity index (χ0) is 15.2. The van der Waals surface area contributed by atoms with E-state index in [0.717, 1.165) is 17.9 Å². The van der Waals surface area contributed by atoms with Crippen molar-refractivity contribution in [2.75, 3.05) is 0 Å². The molecule has 0 saturated heterocycles. The summed E-state index contributed by atoms with van der Waals surface area (Å²) < 4.78 is 5.84. The molecular weight excluding hydrogens is 260 g/mol. The van der Waals surface area contributed by atoms with Crippen molar-refractivity contribution in [2.24, 2.45) is 0 Å². The molecule has 2 nitrogen and oxygen atoms in total. The number of ketones is 1. The van der Waals surface area contributed by atoms with Crippen molar-refractivity contribution in [3.05, 3.63) is 59.7 Å². The van der Waals surface area contributed by atoms with Gasteiger partial charge in [-0.05, 0) is 61.6 Å². The molecule has 1 unspecified atom stereocenters. The monoisotopic (exact) mass is 282 g/mol. The Kier molecular flexibility index (Phi) is 5.15. The molecule has 0 aliphatic heterocycles. The summed E-state index contributed by atoms with van der Waals surface area (Å²) in [6.45, 7) is 5.91. The molecule has 110 valence electrons. The van der Waals surface area contributed by atoms with Gasteiger partial charge in [0, 0.05) is 6.42 Å². The van der Waals surface area contributed by atoms with E-state index in [1.165, 1.54) is 11.1 Å². The first-order valence-corrected chi connectivity index (χ1v) is 7.39. The molecule has 0 fully saturated rings. The van der Waals surface area contributed by atoms with Gasteiger partial charge in [0.2, 0.25) is 0 Å². The van der Waals surface area contributed by atoms with Gasteiger partial charge < -0.3 is 9.53 Å². The van der Waals surface area contributed by atoms with E-state index in [2.05, 4.69) is 26.0 Å². The Bertz CT molecular complexity index is 602. The van der Waals surface area contributed by atoms with Crippen LogP contribution in [-0.4, -0.2) is 5.78 Å². The van der Waals surface area contributed by atoms with Gasteiger partial charge in [-0.1, -0.05) is 31.2 Å². The number of para-hydroxylation sites is 1. The summed E-state index contributed by atoms with van der Waals surface area (Å²) in [5, 5.41) is 0. The number of carbonyl (C=O) groups is 1. The van der Waals surface area contributed by atoms with Crippen molar-refractivity contribution in [3.8, 4) is 11.5 Å². The molecular formula is C19H22O2. The molecule has 0 N–H and O–H groups in total. The summed E-state index contributed by atoms with van der Waals surface area (Å²) in [5.41, 5.74) is 2.50. The second-order valence-electron chi connectivity index (χ2n) is 5.58. The summed E-state index contributed by atoms with van der Waals surface area (Å²) in [6.07, 6.45) is 1.54. The van der Waals surface area contributed by atoms with Gasteiger partial charge in [0.05, 0.1) is 0 Å². The first kappa shape index (κ1) is 15.3. The molecule has 21 heavy (non-hydrogen) atoms. The highest BCUT2D eigenvalue weighted by Gasteiger charge is 2.10. The van der Waals surface area contributed by atoms with Gasteiger partial charge in [0.1, 0.15) is 17.3 Å². The molecule has 0 heterocycles. The Morgan fingerprint density at radius 1 is 1.10 bits per heavy atom. The second kappa shape index (κ2) is 7.07. The second-order valence-corrected chi connectivity index (χ2v) is 5.58. The fraction of sp³-hybridized carbons (Fsp3) is 0.316. The number of carbonyl (C=O) groups excluding carboxylic acids is 1. The highest BCUT2D eigenvalue weighted by Crippen LogP contribution is 2.29. The average Bonchev–Trinajstić information content (AvgIpc) is 2.46. The molecule has 2 heteroatoms. The topological polar surface area (TPSA) is 26.3 Å². The maximum atomic E-state index is 11.1. The number of benzene rings is 2. The quantitative estimate of drug-likeness (QED) is 0.722. The van der Waals surface area contributed by atoms with Gasteiger partial charge in [-0.3, -0.25) is 0 Å². The van der Waals surface area contributed by atoms with E-state index < -0.39 is 0 Å². The normalized spacial score (nSPS) is 12.0. The van der Waals surface area contributed by atoms with Crippen LogP contribution in [0.3, 0.4) is 0 Å². The maximum Gasteiger partial charge on any atom is 0.129 e. The van der Waals surface area contributed by atoms with Crippen molar-refractivity contribution in [2.45, 2.75) is 39.5 Å². The molecule has 0 radical (unpaired) electrons.